The van der Waals surface area contributed by atoms with E-state index in [9.17, 15) is 19.7 Å². The number of nitrogens with zero attached hydrogens (tertiary/aromatic N) is 2. The molecule has 0 bridgehead atoms. The molecule has 1 aromatic heterocycles. The van der Waals surface area contributed by atoms with Gasteiger partial charge in [0.2, 0.25) is 0 Å². The number of aryl methyl sites for hydroxylation is 1. The normalized spacial score (nSPS) is 10.6. The van der Waals surface area contributed by atoms with Gasteiger partial charge in [-0.2, -0.15) is 0 Å². The number of ether oxygens (including phenoxy) is 1. The maximum atomic E-state index is 12.1. The third-order valence-corrected chi connectivity index (χ3v) is 3.17. The second kappa shape index (κ2) is 5.74. The van der Waals surface area contributed by atoms with Crippen molar-refractivity contribution < 1.29 is 14.5 Å². The van der Waals surface area contributed by atoms with Crippen molar-refractivity contribution in [2.24, 2.45) is 7.05 Å². The Morgan fingerprint density at radius 2 is 2.10 bits per heavy atom. The molecular weight excluding hydrogens is 276 g/mol. The van der Waals surface area contributed by atoms with Crippen LogP contribution in [0.15, 0.2) is 29.1 Å². The van der Waals surface area contributed by atoms with Gasteiger partial charge in [0.05, 0.1) is 10.4 Å². The smallest absolute Gasteiger partial charge is 0.293 e. The number of ketones is 1. The zero-order chi connectivity index (χ0) is 15.6. The van der Waals surface area contributed by atoms with Crippen LogP contribution in [0.5, 0.6) is 5.75 Å². The molecule has 0 radical (unpaired) electrons. The molecule has 0 amide bonds. The molecule has 0 saturated heterocycles. The van der Waals surface area contributed by atoms with Gasteiger partial charge in [-0.15, -0.1) is 0 Å². The third kappa shape index (κ3) is 2.91. The molecule has 2 rings (SSSR count). The van der Waals surface area contributed by atoms with Gasteiger partial charge in [-0.05, 0) is 12.1 Å². The monoisotopic (exact) mass is 290 g/mol. The number of fused-ring (bicyclic) bond motifs is 1. The van der Waals surface area contributed by atoms with Crippen molar-refractivity contribution in [3.63, 3.8) is 0 Å². The van der Waals surface area contributed by atoms with Gasteiger partial charge in [-0.3, -0.25) is 19.7 Å². The average molecular weight is 290 g/mol. The quantitative estimate of drug-likeness (QED) is 0.618. The summed E-state index contributed by atoms with van der Waals surface area (Å²) in [6.07, 6.45) is 0.319. The van der Waals surface area contributed by atoms with Gasteiger partial charge in [0, 0.05) is 31.0 Å². The van der Waals surface area contributed by atoms with Gasteiger partial charge in [0.1, 0.15) is 6.61 Å². The molecule has 0 atom stereocenters. The van der Waals surface area contributed by atoms with Crippen molar-refractivity contribution in [3.05, 3.63) is 44.7 Å². The van der Waals surface area contributed by atoms with Crippen LogP contribution in [-0.4, -0.2) is 21.9 Å². The van der Waals surface area contributed by atoms with Crippen LogP contribution in [0.2, 0.25) is 0 Å². The molecule has 0 aliphatic heterocycles. The minimum Gasteiger partial charge on any atom is -0.480 e. The van der Waals surface area contributed by atoms with E-state index in [1.807, 2.05) is 0 Å². The fourth-order valence-electron chi connectivity index (χ4n) is 1.92. The topological polar surface area (TPSA) is 91.4 Å². The summed E-state index contributed by atoms with van der Waals surface area (Å²) in [4.78, 5) is 33.6. The standard InChI is InChI=1S/C14H14N2O5/c1-3-11(17)8-21-13-7-9-6-10(16(19)20)4-5-12(9)15(2)14(13)18/h4-7H,3,8H2,1-2H3. The Bertz CT molecular complexity index is 779. The molecule has 0 fully saturated rings. The Labute approximate surface area is 119 Å². The first-order valence-corrected chi connectivity index (χ1v) is 6.36. The molecule has 7 heteroatoms. The van der Waals surface area contributed by atoms with Crippen LogP contribution in [0.4, 0.5) is 5.69 Å². The summed E-state index contributed by atoms with van der Waals surface area (Å²) in [7, 11) is 1.55. The van der Waals surface area contributed by atoms with Gasteiger partial charge in [-0.25, -0.2) is 0 Å². The molecule has 0 spiro atoms. The van der Waals surface area contributed by atoms with E-state index in [2.05, 4.69) is 0 Å². The lowest BCUT2D eigenvalue weighted by Crippen LogP contribution is -2.21. The van der Waals surface area contributed by atoms with Gasteiger partial charge in [0.15, 0.2) is 11.5 Å². The molecule has 7 nitrogen and oxygen atoms in total. The summed E-state index contributed by atoms with van der Waals surface area (Å²) in [6, 6.07) is 5.63. The number of hydrogen-bond acceptors (Lipinski definition) is 5. The van der Waals surface area contributed by atoms with E-state index in [1.54, 1.807) is 14.0 Å². The molecule has 21 heavy (non-hydrogen) atoms. The number of non-ortho nitro benzene ring substituents is 1. The minimum atomic E-state index is -0.508. The summed E-state index contributed by atoms with van der Waals surface area (Å²) < 4.78 is 6.56. The number of carbonyl (C=O) groups excluding carboxylic acids is 1. The van der Waals surface area contributed by atoms with Crippen molar-refractivity contribution in [1.29, 1.82) is 0 Å². The molecular formula is C14H14N2O5. The number of nitro groups is 1. The third-order valence-electron chi connectivity index (χ3n) is 3.17. The number of pyridine rings is 1. The predicted octanol–water partition coefficient (Wildman–Crippen LogP) is 1.80. The number of rotatable bonds is 5. The van der Waals surface area contributed by atoms with E-state index in [-0.39, 0.29) is 29.4 Å². The van der Waals surface area contributed by atoms with Gasteiger partial charge >= 0.3 is 0 Å². The number of nitro benzene ring substituents is 1. The molecule has 2 aromatic rings. The van der Waals surface area contributed by atoms with E-state index < -0.39 is 4.92 Å². The lowest BCUT2D eigenvalue weighted by Gasteiger charge is -2.09. The summed E-state index contributed by atoms with van der Waals surface area (Å²) in [5.74, 6) is -0.122. The van der Waals surface area contributed by atoms with Crippen molar-refractivity contribution in [2.75, 3.05) is 6.61 Å². The number of aromatic nitrogens is 1. The largest absolute Gasteiger partial charge is 0.480 e. The average Bonchev–Trinajstić information content (AvgIpc) is 2.48. The minimum absolute atomic E-state index is 0.00676. The molecule has 0 saturated carbocycles. The Morgan fingerprint density at radius 1 is 1.38 bits per heavy atom. The summed E-state index contributed by atoms with van der Waals surface area (Å²) >= 11 is 0. The second-order valence-electron chi connectivity index (χ2n) is 4.55. The summed E-state index contributed by atoms with van der Waals surface area (Å²) in [5.41, 5.74) is 0.0942. The Hall–Kier alpha value is -2.70. The van der Waals surface area contributed by atoms with Crippen LogP contribution >= 0.6 is 0 Å². The van der Waals surface area contributed by atoms with Crippen LogP contribution in [0.25, 0.3) is 10.9 Å². The van der Waals surface area contributed by atoms with Crippen LogP contribution in [-0.2, 0) is 11.8 Å². The zero-order valence-electron chi connectivity index (χ0n) is 11.7. The first kappa shape index (κ1) is 14.7. The number of benzene rings is 1. The van der Waals surface area contributed by atoms with E-state index in [0.29, 0.717) is 17.3 Å². The summed E-state index contributed by atoms with van der Waals surface area (Å²) in [6.45, 7) is 1.51. The number of Topliss-reactive ketones (excluding diaryl/α,β-unsaturated/α-hetero) is 1. The first-order valence-electron chi connectivity index (χ1n) is 6.36. The highest BCUT2D eigenvalue weighted by atomic mass is 16.6. The maximum Gasteiger partial charge on any atom is 0.293 e. The Balaban J connectivity index is 2.51. The zero-order valence-corrected chi connectivity index (χ0v) is 11.7. The SMILES string of the molecule is CCC(=O)COc1cc2cc([N+](=O)[O-])ccc2n(C)c1=O. The Morgan fingerprint density at radius 3 is 2.71 bits per heavy atom. The van der Waals surface area contributed by atoms with Crippen molar-refractivity contribution in [2.45, 2.75) is 13.3 Å². The highest BCUT2D eigenvalue weighted by molar-refractivity contribution is 5.83. The summed E-state index contributed by atoms with van der Waals surface area (Å²) in [5, 5.41) is 11.3. The molecule has 0 N–H and O–H groups in total. The highest BCUT2D eigenvalue weighted by Crippen LogP contribution is 2.22. The molecule has 110 valence electrons. The lowest BCUT2D eigenvalue weighted by molar-refractivity contribution is -0.384. The molecule has 0 aliphatic carbocycles. The van der Waals surface area contributed by atoms with Gasteiger partial charge in [-0.1, -0.05) is 6.92 Å². The Kier molecular flexibility index (Phi) is 4.02. The van der Waals surface area contributed by atoms with E-state index in [1.165, 1.54) is 28.8 Å². The molecule has 0 aliphatic rings. The molecule has 1 aromatic carbocycles. The van der Waals surface area contributed by atoms with Crippen LogP contribution in [0.3, 0.4) is 0 Å². The maximum absolute atomic E-state index is 12.1. The first-order chi connectivity index (χ1) is 9.93. The van der Waals surface area contributed by atoms with Crippen LogP contribution < -0.4 is 10.3 Å². The fraction of sp³-hybridized carbons (Fsp3) is 0.286. The fourth-order valence-corrected chi connectivity index (χ4v) is 1.92. The highest BCUT2D eigenvalue weighted by Gasteiger charge is 2.12. The van der Waals surface area contributed by atoms with Crippen molar-refractivity contribution >= 4 is 22.4 Å². The van der Waals surface area contributed by atoms with Gasteiger partial charge in [0.25, 0.3) is 11.2 Å². The van der Waals surface area contributed by atoms with Gasteiger partial charge < -0.3 is 9.30 Å². The van der Waals surface area contributed by atoms with E-state index in [4.69, 9.17) is 4.74 Å². The predicted molar refractivity (Wildman–Crippen MR) is 76.6 cm³/mol. The lowest BCUT2D eigenvalue weighted by atomic mass is 10.2. The van der Waals surface area contributed by atoms with Crippen molar-refractivity contribution in [1.82, 2.24) is 4.57 Å². The number of carbonyl (C=O) groups is 1. The van der Waals surface area contributed by atoms with E-state index >= 15 is 0 Å². The van der Waals surface area contributed by atoms with Crippen LogP contribution in [0, 0.1) is 10.1 Å². The van der Waals surface area contributed by atoms with Crippen molar-refractivity contribution in [3.8, 4) is 5.75 Å². The molecule has 1 heterocycles. The number of hydrogen-bond donors (Lipinski definition) is 0. The van der Waals surface area contributed by atoms with Crippen LogP contribution in [0.1, 0.15) is 13.3 Å². The second-order valence-corrected chi connectivity index (χ2v) is 4.55. The molecule has 0 unspecified atom stereocenters. The van der Waals surface area contributed by atoms with E-state index in [0.717, 1.165) is 0 Å².